The minimum atomic E-state index is 0.0241. The third-order valence-electron chi connectivity index (χ3n) is 2.59. The summed E-state index contributed by atoms with van der Waals surface area (Å²) in [6.45, 7) is 7.91. The third kappa shape index (κ3) is 7.26. The molecule has 0 saturated heterocycles. The zero-order valence-electron chi connectivity index (χ0n) is 11.8. The Kier molecular flexibility index (Phi) is 9.26. The molecule has 0 saturated carbocycles. The van der Waals surface area contributed by atoms with E-state index < -0.39 is 0 Å². The fraction of sp³-hybridized carbons (Fsp3) is 0.750. The molecule has 0 aliphatic carbocycles. The molecule has 6 nitrogen and oxygen atoms in total. The van der Waals surface area contributed by atoms with E-state index in [4.69, 9.17) is 11.1 Å². The monoisotopic (exact) mass is 254 g/mol. The van der Waals surface area contributed by atoms with Gasteiger partial charge in [-0.2, -0.15) is 0 Å². The maximum Gasteiger partial charge on any atom is 0.112 e. The van der Waals surface area contributed by atoms with Gasteiger partial charge in [-0.05, 0) is 20.9 Å². The predicted octanol–water partition coefficient (Wildman–Crippen LogP) is 0.245. The molecule has 0 aromatic carbocycles. The number of nitrogens with one attached hydrogen (secondary N) is 3. The van der Waals surface area contributed by atoms with Crippen LogP contribution in [0.2, 0.25) is 0 Å². The van der Waals surface area contributed by atoms with Crippen LogP contribution in [0.3, 0.4) is 0 Å². The summed E-state index contributed by atoms with van der Waals surface area (Å²) in [5.74, 6) is 0.0355. The zero-order valence-corrected chi connectivity index (χ0v) is 11.8. The van der Waals surface area contributed by atoms with Crippen molar-refractivity contribution in [3.63, 3.8) is 0 Å². The van der Waals surface area contributed by atoms with Crippen LogP contribution in [0.5, 0.6) is 0 Å². The molecule has 0 amide bonds. The van der Waals surface area contributed by atoms with E-state index in [9.17, 15) is 0 Å². The Labute approximate surface area is 110 Å². The van der Waals surface area contributed by atoms with Gasteiger partial charge in [0.25, 0.3) is 0 Å². The molecule has 0 aromatic heterocycles. The minimum absolute atomic E-state index is 0.0241. The summed E-state index contributed by atoms with van der Waals surface area (Å²) >= 11 is 0. The average molecular weight is 254 g/mol. The molecule has 2 atom stereocenters. The second kappa shape index (κ2) is 9.87. The highest BCUT2D eigenvalue weighted by atomic mass is 15.1. The van der Waals surface area contributed by atoms with Crippen LogP contribution in [0.1, 0.15) is 20.8 Å². The Bertz CT molecular complexity index is 297. The van der Waals surface area contributed by atoms with Crippen LogP contribution >= 0.6 is 0 Å². The molecule has 0 aliphatic heterocycles. The maximum absolute atomic E-state index is 7.83. The van der Waals surface area contributed by atoms with E-state index >= 15 is 0 Å². The highest BCUT2D eigenvalue weighted by molar-refractivity contribution is 6.41. The molecule has 0 aliphatic rings. The Morgan fingerprint density at radius 2 is 2.06 bits per heavy atom. The molecule has 0 spiro atoms. The lowest BCUT2D eigenvalue weighted by molar-refractivity contribution is 0.559. The smallest absolute Gasteiger partial charge is 0.112 e. The zero-order chi connectivity index (χ0) is 14.0. The minimum Gasteiger partial charge on any atom is -0.330 e. The van der Waals surface area contributed by atoms with Crippen LogP contribution in [0.15, 0.2) is 9.98 Å². The molecular weight excluding hydrogens is 228 g/mol. The maximum atomic E-state index is 7.83. The van der Waals surface area contributed by atoms with Gasteiger partial charge >= 0.3 is 0 Å². The summed E-state index contributed by atoms with van der Waals surface area (Å²) in [4.78, 5) is 8.37. The van der Waals surface area contributed by atoms with E-state index in [-0.39, 0.29) is 12.1 Å². The van der Waals surface area contributed by atoms with Crippen molar-refractivity contribution >= 4 is 17.8 Å². The molecule has 18 heavy (non-hydrogen) atoms. The quantitative estimate of drug-likeness (QED) is 0.269. The van der Waals surface area contributed by atoms with Gasteiger partial charge in [0.1, 0.15) is 6.34 Å². The van der Waals surface area contributed by atoms with Crippen molar-refractivity contribution in [3.05, 3.63) is 0 Å². The molecule has 0 rings (SSSR count). The van der Waals surface area contributed by atoms with Crippen molar-refractivity contribution in [2.45, 2.75) is 26.9 Å². The number of nitrogens with zero attached hydrogens (tertiary/aromatic N) is 2. The van der Waals surface area contributed by atoms with Crippen molar-refractivity contribution in [2.75, 3.05) is 26.7 Å². The SMILES string of the molecule is CNCCNC(C)/N=C\N=C(/C)C(=N)C(C)CN. The van der Waals surface area contributed by atoms with Crippen LogP contribution in [0.25, 0.3) is 0 Å². The molecule has 0 bridgehead atoms. The summed E-state index contributed by atoms with van der Waals surface area (Å²) in [6, 6.07) is 0. The lowest BCUT2D eigenvalue weighted by atomic mass is 10.0. The Hall–Kier alpha value is -1.11. The number of hydrogen-bond acceptors (Lipinski definition) is 5. The summed E-state index contributed by atoms with van der Waals surface area (Å²) < 4.78 is 0. The summed E-state index contributed by atoms with van der Waals surface area (Å²) in [6.07, 6.45) is 1.53. The van der Waals surface area contributed by atoms with Crippen molar-refractivity contribution in [1.29, 1.82) is 5.41 Å². The van der Waals surface area contributed by atoms with Gasteiger partial charge in [-0.1, -0.05) is 6.92 Å². The van der Waals surface area contributed by atoms with Gasteiger partial charge < -0.3 is 16.5 Å². The van der Waals surface area contributed by atoms with E-state index in [2.05, 4.69) is 20.6 Å². The fourth-order valence-corrected chi connectivity index (χ4v) is 1.22. The summed E-state index contributed by atoms with van der Waals surface area (Å²) in [7, 11) is 1.91. The Morgan fingerprint density at radius 1 is 1.39 bits per heavy atom. The molecule has 0 heterocycles. The van der Waals surface area contributed by atoms with Crippen LogP contribution in [-0.2, 0) is 0 Å². The standard InChI is InChI=1S/C12H26N6/c1-9(7-13)12(14)10(2)17-8-18-11(3)16-6-5-15-4/h8-9,11,14-16H,5-7,13H2,1-4H3/b14-12?,17-10+,18-8-. The molecule has 6 heteroatoms. The molecule has 104 valence electrons. The Morgan fingerprint density at radius 3 is 2.61 bits per heavy atom. The number of hydrogen-bond donors (Lipinski definition) is 4. The molecular formula is C12H26N6. The highest BCUT2D eigenvalue weighted by Gasteiger charge is 2.08. The molecule has 0 fully saturated rings. The van der Waals surface area contributed by atoms with Crippen molar-refractivity contribution in [3.8, 4) is 0 Å². The number of likely N-dealkylation sites (N-methyl/N-ethyl adjacent to an activating group) is 1. The van der Waals surface area contributed by atoms with Crippen LogP contribution in [0, 0.1) is 11.3 Å². The van der Waals surface area contributed by atoms with Crippen LogP contribution in [-0.4, -0.2) is 50.6 Å². The first-order valence-corrected chi connectivity index (χ1v) is 6.25. The second-order valence-electron chi connectivity index (χ2n) is 4.26. The van der Waals surface area contributed by atoms with Crippen molar-refractivity contribution < 1.29 is 0 Å². The van der Waals surface area contributed by atoms with Gasteiger partial charge in [-0.3, -0.25) is 10.3 Å². The summed E-state index contributed by atoms with van der Waals surface area (Å²) in [5.41, 5.74) is 6.65. The van der Waals surface area contributed by atoms with Gasteiger partial charge in [0.05, 0.1) is 17.6 Å². The lowest BCUT2D eigenvalue weighted by Gasteiger charge is -2.09. The Balaban J connectivity index is 4.15. The van der Waals surface area contributed by atoms with Crippen molar-refractivity contribution in [1.82, 2.24) is 10.6 Å². The van der Waals surface area contributed by atoms with Gasteiger partial charge in [0.15, 0.2) is 0 Å². The van der Waals surface area contributed by atoms with E-state index in [0.29, 0.717) is 18.0 Å². The fourth-order valence-electron chi connectivity index (χ4n) is 1.22. The van der Waals surface area contributed by atoms with E-state index in [1.807, 2.05) is 20.9 Å². The second-order valence-corrected chi connectivity index (χ2v) is 4.26. The molecule has 5 N–H and O–H groups in total. The topological polar surface area (TPSA) is 98.6 Å². The first-order chi connectivity index (χ1) is 8.52. The number of nitrogens with two attached hydrogens (primary N) is 1. The largest absolute Gasteiger partial charge is 0.330 e. The van der Waals surface area contributed by atoms with Gasteiger partial charge in [0, 0.05) is 25.6 Å². The van der Waals surface area contributed by atoms with Gasteiger partial charge in [0.2, 0.25) is 0 Å². The highest BCUT2D eigenvalue weighted by Crippen LogP contribution is 1.96. The number of rotatable bonds is 9. The molecule has 2 unspecified atom stereocenters. The van der Waals surface area contributed by atoms with Gasteiger partial charge in [-0.15, -0.1) is 0 Å². The summed E-state index contributed by atoms with van der Waals surface area (Å²) in [5, 5.41) is 14.1. The predicted molar refractivity (Wildman–Crippen MR) is 78.9 cm³/mol. The van der Waals surface area contributed by atoms with E-state index in [1.54, 1.807) is 6.92 Å². The van der Waals surface area contributed by atoms with E-state index in [1.165, 1.54) is 6.34 Å². The molecule has 0 radical (unpaired) electrons. The first-order valence-electron chi connectivity index (χ1n) is 6.25. The lowest BCUT2D eigenvalue weighted by Crippen LogP contribution is -2.31. The van der Waals surface area contributed by atoms with E-state index in [0.717, 1.165) is 13.1 Å². The normalized spacial score (nSPS) is 15.9. The first kappa shape index (κ1) is 16.9. The van der Waals surface area contributed by atoms with Gasteiger partial charge in [-0.25, -0.2) is 4.99 Å². The number of aliphatic imine (C=N–C) groups is 2. The van der Waals surface area contributed by atoms with Crippen molar-refractivity contribution in [2.24, 2.45) is 21.6 Å². The third-order valence-corrected chi connectivity index (χ3v) is 2.59. The van der Waals surface area contributed by atoms with Crippen LogP contribution < -0.4 is 16.4 Å². The average Bonchev–Trinajstić information content (AvgIpc) is 2.37. The van der Waals surface area contributed by atoms with Crippen LogP contribution in [0.4, 0.5) is 0 Å². The molecule has 0 aromatic rings.